The Morgan fingerprint density at radius 1 is 1.24 bits per heavy atom. The van der Waals surface area contributed by atoms with E-state index in [0.717, 1.165) is 12.1 Å². The molecule has 4 amide bonds. The zero-order chi connectivity index (χ0) is 21.2. The Morgan fingerprint density at radius 3 is 2.69 bits per heavy atom. The molecule has 0 spiro atoms. The third-order valence-corrected chi connectivity index (χ3v) is 3.94. The fourth-order valence-electron chi connectivity index (χ4n) is 2.69. The Kier molecular flexibility index (Phi) is 5.53. The highest BCUT2D eigenvalue weighted by Gasteiger charge is 2.31. The van der Waals surface area contributed by atoms with Gasteiger partial charge < -0.3 is 20.7 Å². The zero-order valence-corrected chi connectivity index (χ0v) is 15.6. The van der Waals surface area contributed by atoms with Gasteiger partial charge in [-0.1, -0.05) is 12.1 Å². The van der Waals surface area contributed by atoms with E-state index in [2.05, 4.69) is 21.3 Å². The van der Waals surface area contributed by atoms with Crippen LogP contribution in [0, 0.1) is 0 Å². The number of carbonyl (C=O) groups is 2. The van der Waals surface area contributed by atoms with Crippen molar-refractivity contribution in [3.8, 4) is 5.75 Å². The van der Waals surface area contributed by atoms with E-state index in [-0.39, 0.29) is 18.4 Å². The molecule has 0 fully saturated rings. The van der Waals surface area contributed by atoms with Crippen LogP contribution in [0.1, 0.15) is 25.0 Å². The van der Waals surface area contributed by atoms with E-state index in [0.29, 0.717) is 22.6 Å². The molecule has 0 saturated carbocycles. The summed E-state index contributed by atoms with van der Waals surface area (Å²) in [4.78, 5) is 23.6. The molecular formula is C19H18F3N4O3. The molecule has 153 valence electrons. The number of ether oxygens (including phenoxy) is 1. The Bertz CT molecular complexity index is 945. The van der Waals surface area contributed by atoms with Crippen molar-refractivity contribution in [1.29, 1.82) is 0 Å². The van der Waals surface area contributed by atoms with Crippen LogP contribution in [0.2, 0.25) is 0 Å². The minimum absolute atomic E-state index is 0.0422. The highest BCUT2D eigenvalue weighted by Crippen LogP contribution is 2.35. The van der Waals surface area contributed by atoms with E-state index in [1.807, 2.05) is 0 Å². The van der Waals surface area contributed by atoms with E-state index >= 15 is 0 Å². The first-order chi connectivity index (χ1) is 13.6. The van der Waals surface area contributed by atoms with Gasteiger partial charge >= 0.3 is 18.2 Å². The number of fused-ring (bicyclic) bond motifs is 1. The lowest BCUT2D eigenvalue weighted by Gasteiger charge is -2.17. The van der Waals surface area contributed by atoms with Crippen LogP contribution in [-0.4, -0.2) is 18.2 Å². The first-order valence-corrected chi connectivity index (χ1v) is 8.71. The molecular weight excluding hydrogens is 389 g/mol. The number of para-hydroxylation sites is 1. The second-order valence-corrected chi connectivity index (χ2v) is 6.54. The van der Waals surface area contributed by atoms with Crippen molar-refractivity contribution in [2.24, 2.45) is 0 Å². The first kappa shape index (κ1) is 20.3. The lowest BCUT2D eigenvalue weighted by atomic mass is 10.1. The summed E-state index contributed by atoms with van der Waals surface area (Å²) < 4.78 is 44.3. The highest BCUT2D eigenvalue weighted by molar-refractivity contribution is 6.07. The van der Waals surface area contributed by atoms with E-state index in [4.69, 9.17) is 4.74 Å². The third kappa shape index (κ3) is 4.89. The van der Waals surface area contributed by atoms with Crippen molar-refractivity contribution < 1.29 is 27.5 Å². The van der Waals surface area contributed by atoms with Crippen LogP contribution in [0.25, 0.3) is 0 Å². The molecule has 29 heavy (non-hydrogen) atoms. The van der Waals surface area contributed by atoms with Crippen LogP contribution in [-0.2, 0) is 12.7 Å². The first-order valence-electron chi connectivity index (χ1n) is 8.71. The molecule has 7 nitrogen and oxygen atoms in total. The molecule has 0 bridgehead atoms. The number of alkyl halides is 3. The van der Waals surface area contributed by atoms with Gasteiger partial charge in [0.1, 0.15) is 11.4 Å². The number of anilines is 2. The quantitative estimate of drug-likeness (QED) is 0.676. The van der Waals surface area contributed by atoms with Gasteiger partial charge in [-0.25, -0.2) is 9.59 Å². The lowest BCUT2D eigenvalue weighted by Crippen LogP contribution is -2.28. The van der Waals surface area contributed by atoms with E-state index < -0.39 is 23.8 Å². The van der Waals surface area contributed by atoms with Crippen molar-refractivity contribution in [3.05, 3.63) is 47.5 Å². The highest BCUT2D eigenvalue weighted by atomic mass is 19.4. The van der Waals surface area contributed by atoms with E-state index in [1.165, 1.54) is 6.07 Å². The molecule has 0 saturated heterocycles. The van der Waals surface area contributed by atoms with Gasteiger partial charge in [-0.05, 0) is 38.1 Å². The number of amides is 4. The summed E-state index contributed by atoms with van der Waals surface area (Å²) in [6, 6.07) is 6.83. The summed E-state index contributed by atoms with van der Waals surface area (Å²) in [6.07, 6.45) is -4.84. The summed E-state index contributed by atoms with van der Waals surface area (Å²) in [6.45, 7) is 3.33. The molecule has 10 heteroatoms. The number of halogens is 3. The number of hydrogen-bond acceptors (Lipinski definition) is 3. The number of urea groups is 2. The molecule has 1 radical (unpaired) electrons. The van der Waals surface area contributed by atoms with Gasteiger partial charge in [-0.2, -0.15) is 18.5 Å². The van der Waals surface area contributed by atoms with Gasteiger partial charge in [-0.3, -0.25) is 0 Å². The summed E-state index contributed by atoms with van der Waals surface area (Å²) in [5.41, 5.74) is 0.667. The number of carbonyl (C=O) groups excluding carboxylic acids is 2. The van der Waals surface area contributed by atoms with Crippen LogP contribution in [0.5, 0.6) is 5.75 Å². The second kappa shape index (κ2) is 7.90. The van der Waals surface area contributed by atoms with Gasteiger partial charge in [0.25, 0.3) is 0 Å². The number of benzene rings is 2. The average molecular weight is 407 g/mol. The van der Waals surface area contributed by atoms with Crippen LogP contribution < -0.4 is 26.0 Å². The van der Waals surface area contributed by atoms with Gasteiger partial charge in [0.05, 0.1) is 23.0 Å². The Labute approximate surface area is 164 Å². The molecule has 2 aromatic carbocycles. The zero-order valence-electron chi connectivity index (χ0n) is 15.6. The topological polar surface area (TPSA) is 93.6 Å². The molecule has 0 atom stereocenters. The number of nitrogens with zero attached hydrogens (tertiary/aromatic N) is 1. The maximum Gasteiger partial charge on any atom is 0.416 e. The van der Waals surface area contributed by atoms with Crippen molar-refractivity contribution in [3.63, 3.8) is 0 Å². The molecule has 1 aliphatic rings. The largest absolute Gasteiger partial charge is 0.491 e. The summed E-state index contributed by atoms with van der Waals surface area (Å²) in [5.74, 6) is 0.0422. The predicted molar refractivity (Wildman–Crippen MR) is 100 cm³/mol. The third-order valence-electron chi connectivity index (χ3n) is 3.94. The average Bonchev–Trinajstić information content (AvgIpc) is 3.00. The Morgan fingerprint density at radius 2 is 2.00 bits per heavy atom. The molecule has 0 unspecified atom stereocenters. The maximum absolute atomic E-state index is 13.0. The number of hydrogen-bond donors (Lipinski definition) is 3. The fraction of sp³-hybridized carbons (Fsp3) is 0.263. The minimum Gasteiger partial charge on any atom is -0.491 e. The van der Waals surface area contributed by atoms with Crippen molar-refractivity contribution >= 4 is 29.1 Å². The fourth-order valence-corrected chi connectivity index (χ4v) is 2.69. The van der Waals surface area contributed by atoms with Gasteiger partial charge in [0.2, 0.25) is 0 Å². The molecule has 1 aliphatic heterocycles. The molecule has 2 aromatic rings. The normalized spacial score (nSPS) is 12.8. The van der Waals surface area contributed by atoms with E-state index in [1.54, 1.807) is 32.0 Å². The summed E-state index contributed by atoms with van der Waals surface area (Å²) in [7, 11) is 0. The van der Waals surface area contributed by atoms with Gasteiger partial charge in [0, 0.05) is 12.1 Å². The minimum atomic E-state index is -4.50. The molecule has 0 aromatic heterocycles. The second-order valence-electron chi connectivity index (χ2n) is 6.54. The van der Waals surface area contributed by atoms with Crippen LogP contribution in [0.4, 0.5) is 39.8 Å². The van der Waals surface area contributed by atoms with Crippen LogP contribution >= 0.6 is 0 Å². The van der Waals surface area contributed by atoms with Crippen molar-refractivity contribution in [2.75, 3.05) is 10.6 Å². The predicted octanol–water partition coefficient (Wildman–Crippen LogP) is 4.60. The van der Waals surface area contributed by atoms with Gasteiger partial charge in [-0.15, -0.1) is 0 Å². The van der Waals surface area contributed by atoms with Gasteiger partial charge in [0.15, 0.2) is 0 Å². The summed E-state index contributed by atoms with van der Waals surface area (Å²) in [5, 5.41) is 11.4. The number of rotatable bonds is 5. The molecule has 3 rings (SSSR count). The van der Waals surface area contributed by atoms with Crippen LogP contribution in [0.15, 0.2) is 36.4 Å². The monoisotopic (exact) mass is 407 g/mol. The maximum atomic E-state index is 13.0. The number of nitrogens with one attached hydrogen (secondary N) is 3. The van der Waals surface area contributed by atoms with Crippen molar-refractivity contribution in [1.82, 2.24) is 10.6 Å². The molecule has 0 aliphatic carbocycles. The lowest BCUT2D eigenvalue weighted by molar-refractivity contribution is -0.137. The smallest absolute Gasteiger partial charge is 0.416 e. The Hall–Kier alpha value is -3.43. The molecule has 1 heterocycles. The van der Waals surface area contributed by atoms with Crippen molar-refractivity contribution in [2.45, 2.75) is 32.7 Å². The summed E-state index contributed by atoms with van der Waals surface area (Å²) >= 11 is 0. The van der Waals surface area contributed by atoms with E-state index in [9.17, 15) is 22.8 Å². The molecule has 3 N–H and O–H groups in total. The van der Waals surface area contributed by atoms with Crippen LogP contribution in [0.3, 0.4) is 0 Å². The standard InChI is InChI=1S/C19H18F3N4O3/c1-10(2)29-15-8-12(19(20,21)22)7-6-11(15)9-23-17(27)24-13-4-3-5-14-16(13)26-18(28)25-14/h3-8,10H,9H2,1-2H3,(H,25,28)(H2,23,24,27). The Balaban J connectivity index is 1.70. The SMILES string of the molecule is CC(C)Oc1cc(C(F)(F)F)ccc1CNC(=O)Nc1cccc2c1[N]C(=O)N2.